The Labute approximate surface area is 105 Å². The summed E-state index contributed by atoms with van der Waals surface area (Å²) < 4.78 is 5.03. The number of hydrogen-bond donors (Lipinski definition) is 1. The van der Waals surface area contributed by atoms with Crippen LogP contribution < -0.4 is 5.73 Å². The highest BCUT2D eigenvalue weighted by atomic mass is 16.5. The summed E-state index contributed by atoms with van der Waals surface area (Å²) in [6.07, 6.45) is 0.737. The monoisotopic (exact) mass is 244 g/mol. The third-order valence-corrected chi connectivity index (χ3v) is 2.51. The Balaban J connectivity index is 4.38. The van der Waals surface area contributed by atoms with Gasteiger partial charge in [-0.05, 0) is 18.3 Å². The zero-order valence-corrected chi connectivity index (χ0v) is 11.9. The number of carbonyl (C=O) groups is 1. The smallest absolute Gasteiger partial charge is 0.239 e. The summed E-state index contributed by atoms with van der Waals surface area (Å²) in [5.41, 5.74) is 5.93. The molecule has 1 atom stereocenters. The molecule has 0 aromatic rings. The van der Waals surface area contributed by atoms with E-state index in [0.29, 0.717) is 25.0 Å². The Bertz CT molecular complexity index is 217. The van der Waals surface area contributed by atoms with Crippen LogP contribution in [-0.4, -0.2) is 43.7 Å². The van der Waals surface area contributed by atoms with Gasteiger partial charge in [-0.1, -0.05) is 27.7 Å². The number of methoxy groups -OCH3 is 1. The average molecular weight is 244 g/mol. The molecule has 4 nitrogen and oxygen atoms in total. The zero-order valence-electron chi connectivity index (χ0n) is 11.9. The summed E-state index contributed by atoms with van der Waals surface area (Å²) in [4.78, 5) is 14.0. The van der Waals surface area contributed by atoms with Gasteiger partial charge in [0, 0.05) is 20.2 Å². The predicted molar refractivity (Wildman–Crippen MR) is 70.7 cm³/mol. The highest BCUT2D eigenvalue weighted by Gasteiger charge is 2.22. The lowest BCUT2D eigenvalue weighted by Crippen LogP contribution is -2.46. The lowest BCUT2D eigenvalue weighted by molar-refractivity contribution is -0.134. The first-order valence-electron chi connectivity index (χ1n) is 6.41. The Kier molecular flexibility index (Phi) is 8.17. The number of nitrogens with two attached hydrogens (primary N) is 1. The van der Waals surface area contributed by atoms with Crippen molar-refractivity contribution >= 4 is 5.91 Å². The van der Waals surface area contributed by atoms with Crippen LogP contribution in [0.25, 0.3) is 0 Å². The quantitative estimate of drug-likeness (QED) is 0.704. The van der Waals surface area contributed by atoms with E-state index >= 15 is 0 Å². The number of carbonyl (C=O) groups excluding carboxylic acids is 1. The van der Waals surface area contributed by atoms with E-state index in [2.05, 4.69) is 27.7 Å². The van der Waals surface area contributed by atoms with Gasteiger partial charge in [0.25, 0.3) is 0 Å². The van der Waals surface area contributed by atoms with E-state index in [-0.39, 0.29) is 11.9 Å². The van der Waals surface area contributed by atoms with Crippen LogP contribution in [0.2, 0.25) is 0 Å². The van der Waals surface area contributed by atoms with Gasteiger partial charge < -0.3 is 15.4 Å². The van der Waals surface area contributed by atoms with Crippen LogP contribution >= 0.6 is 0 Å². The molecule has 0 heterocycles. The van der Waals surface area contributed by atoms with Crippen LogP contribution in [-0.2, 0) is 9.53 Å². The lowest BCUT2D eigenvalue weighted by Gasteiger charge is -2.27. The molecule has 0 aliphatic carbocycles. The molecule has 0 spiro atoms. The predicted octanol–water partition coefficient (Wildman–Crippen LogP) is 1.49. The number of nitrogens with zero attached hydrogens (tertiary/aromatic N) is 1. The minimum absolute atomic E-state index is 0.0458. The van der Waals surface area contributed by atoms with Gasteiger partial charge in [0.15, 0.2) is 0 Å². The molecule has 1 amide bonds. The van der Waals surface area contributed by atoms with Crippen molar-refractivity contribution in [3.05, 3.63) is 0 Å². The fraction of sp³-hybridized carbons (Fsp3) is 0.923. The molecule has 0 aliphatic heterocycles. The van der Waals surface area contributed by atoms with Gasteiger partial charge in [0.2, 0.25) is 5.91 Å². The maximum Gasteiger partial charge on any atom is 0.239 e. The van der Waals surface area contributed by atoms with Crippen molar-refractivity contribution in [1.82, 2.24) is 4.90 Å². The first kappa shape index (κ1) is 16.4. The molecule has 0 unspecified atom stereocenters. The summed E-state index contributed by atoms with van der Waals surface area (Å²) >= 11 is 0. The van der Waals surface area contributed by atoms with Gasteiger partial charge in [-0.3, -0.25) is 4.79 Å². The van der Waals surface area contributed by atoms with Crippen LogP contribution in [0.4, 0.5) is 0 Å². The Hall–Kier alpha value is -0.610. The minimum atomic E-state index is -0.384. The fourth-order valence-electron chi connectivity index (χ4n) is 1.78. The van der Waals surface area contributed by atoms with E-state index in [1.54, 1.807) is 7.11 Å². The SMILES string of the molecule is COCCN(CC(C)C)C(=O)[C@@H](N)CC(C)C. The maximum absolute atomic E-state index is 12.2. The third kappa shape index (κ3) is 7.34. The number of rotatable bonds is 8. The normalized spacial score (nSPS) is 13.2. The second-order valence-corrected chi connectivity index (χ2v) is 5.41. The van der Waals surface area contributed by atoms with Crippen LogP contribution in [0.5, 0.6) is 0 Å². The molecular formula is C13H28N2O2. The van der Waals surface area contributed by atoms with E-state index in [9.17, 15) is 4.79 Å². The molecule has 0 saturated carbocycles. The van der Waals surface area contributed by atoms with E-state index in [0.717, 1.165) is 13.0 Å². The number of amides is 1. The molecule has 0 aliphatic rings. The van der Waals surface area contributed by atoms with Crippen molar-refractivity contribution in [1.29, 1.82) is 0 Å². The van der Waals surface area contributed by atoms with Crippen molar-refractivity contribution in [2.75, 3.05) is 26.8 Å². The zero-order chi connectivity index (χ0) is 13.4. The molecule has 2 N–H and O–H groups in total. The van der Waals surface area contributed by atoms with Gasteiger partial charge in [0.1, 0.15) is 0 Å². The van der Waals surface area contributed by atoms with Gasteiger partial charge >= 0.3 is 0 Å². The lowest BCUT2D eigenvalue weighted by atomic mass is 10.0. The van der Waals surface area contributed by atoms with Crippen LogP contribution in [0, 0.1) is 11.8 Å². The molecule has 0 saturated heterocycles. The molecule has 17 heavy (non-hydrogen) atoms. The first-order valence-corrected chi connectivity index (χ1v) is 6.41. The second kappa shape index (κ2) is 8.48. The molecule has 0 aromatic heterocycles. The van der Waals surface area contributed by atoms with Crippen LogP contribution in [0.1, 0.15) is 34.1 Å². The largest absolute Gasteiger partial charge is 0.383 e. The Morgan fingerprint density at radius 2 is 1.82 bits per heavy atom. The van der Waals surface area contributed by atoms with Gasteiger partial charge in [-0.15, -0.1) is 0 Å². The molecule has 102 valence electrons. The summed E-state index contributed by atoms with van der Waals surface area (Å²) in [6.45, 7) is 10.3. The topological polar surface area (TPSA) is 55.6 Å². The number of hydrogen-bond acceptors (Lipinski definition) is 3. The third-order valence-electron chi connectivity index (χ3n) is 2.51. The Morgan fingerprint density at radius 3 is 2.24 bits per heavy atom. The molecule has 0 fully saturated rings. The summed E-state index contributed by atoms with van der Waals surface area (Å²) in [7, 11) is 1.64. The van der Waals surface area contributed by atoms with Crippen molar-refractivity contribution in [3.63, 3.8) is 0 Å². The highest BCUT2D eigenvalue weighted by molar-refractivity contribution is 5.81. The molecule has 4 heteroatoms. The average Bonchev–Trinajstić information content (AvgIpc) is 2.21. The second-order valence-electron chi connectivity index (χ2n) is 5.41. The summed E-state index contributed by atoms with van der Waals surface area (Å²) in [5.74, 6) is 0.934. The van der Waals surface area contributed by atoms with Crippen molar-refractivity contribution < 1.29 is 9.53 Å². The molecule has 0 aromatic carbocycles. The van der Waals surface area contributed by atoms with E-state index in [4.69, 9.17) is 10.5 Å². The van der Waals surface area contributed by atoms with Crippen LogP contribution in [0.15, 0.2) is 0 Å². The molecule has 0 bridgehead atoms. The van der Waals surface area contributed by atoms with Gasteiger partial charge in [-0.25, -0.2) is 0 Å². The highest BCUT2D eigenvalue weighted by Crippen LogP contribution is 2.07. The van der Waals surface area contributed by atoms with E-state index in [1.165, 1.54) is 0 Å². The molecular weight excluding hydrogens is 216 g/mol. The maximum atomic E-state index is 12.2. The van der Waals surface area contributed by atoms with Crippen molar-refractivity contribution in [3.8, 4) is 0 Å². The fourth-order valence-corrected chi connectivity index (χ4v) is 1.78. The van der Waals surface area contributed by atoms with E-state index < -0.39 is 0 Å². The standard InChI is InChI=1S/C13H28N2O2/c1-10(2)8-12(14)13(16)15(6-7-17-5)9-11(3)4/h10-12H,6-9,14H2,1-5H3/t12-/m0/s1. The molecule has 0 radical (unpaired) electrons. The van der Waals surface area contributed by atoms with Crippen molar-refractivity contribution in [2.45, 2.75) is 40.2 Å². The first-order chi connectivity index (χ1) is 7.88. The van der Waals surface area contributed by atoms with Gasteiger partial charge in [-0.2, -0.15) is 0 Å². The summed E-state index contributed by atoms with van der Waals surface area (Å²) in [5, 5.41) is 0. The molecule has 0 rings (SSSR count). The van der Waals surface area contributed by atoms with Crippen molar-refractivity contribution in [2.24, 2.45) is 17.6 Å². The Morgan fingerprint density at radius 1 is 1.24 bits per heavy atom. The number of ether oxygens (including phenoxy) is 1. The summed E-state index contributed by atoms with van der Waals surface area (Å²) in [6, 6.07) is -0.384. The van der Waals surface area contributed by atoms with Crippen LogP contribution in [0.3, 0.4) is 0 Å². The van der Waals surface area contributed by atoms with Gasteiger partial charge in [0.05, 0.1) is 12.6 Å². The minimum Gasteiger partial charge on any atom is -0.383 e. The van der Waals surface area contributed by atoms with E-state index in [1.807, 2.05) is 4.90 Å².